The lowest BCUT2D eigenvalue weighted by molar-refractivity contribution is 0.0696. The first-order valence-electron chi connectivity index (χ1n) is 10.7. The Bertz CT molecular complexity index is 1150. The fourth-order valence-electron chi connectivity index (χ4n) is 4.67. The van der Waals surface area contributed by atoms with Crippen LogP contribution < -0.4 is 10.2 Å². The maximum absolute atomic E-state index is 12.6. The normalized spacial score (nSPS) is 21.6. The molecule has 2 N–H and O–H groups in total. The molecule has 0 spiro atoms. The number of fused-ring (bicyclic) bond motifs is 1. The molecule has 156 valence electrons. The zero-order chi connectivity index (χ0) is 20.7. The maximum atomic E-state index is 12.6. The number of hydrogen-bond acceptors (Lipinski definition) is 5. The number of carbonyl (C=O) groups is 1. The van der Waals surface area contributed by atoms with Crippen molar-refractivity contribution in [3.05, 3.63) is 57.5 Å². The first kappa shape index (κ1) is 19.3. The van der Waals surface area contributed by atoms with Crippen molar-refractivity contribution in [1.29, 1.82) is 0 Å². The Balaban J connectivity index is 1.30. The van der Waals surface area contributed by atoms with E-state index in [0.29, 0.717) is 5.92 Å². The van der Waals surface area contributed by atoms with Crippen LogP contribution in [0.25, 0.3) is 10.2 Å². The summed E-state index contributed by atoms with van der Waals surface area (Å²) in [6.45, 7) is 0.837. The minimum atomic E-state index is -0.951. The van der Waals surface area contributed by atoms with E-state index in [9.17, 15) is 9.59 Å². The number of benzene rings is 1. The van der Waals surface area contributed by atoms with E-state index in [1.807, 2.05) is 10.6 Å². The van der Waals surface area contributed by atoms with Crippen molar-refractivity contribution in [2.45, 2.75) is 57.0 Å². The summed E-state index contributed by atoms with van der Waals surface area (Å²) in [4.78, 5) is 28.0. The van der Waals surface area contributed by atoms with Gasteiger partial charge in [-0.3, -0.25) is 14.3 Å². The van der Waals surface area contributed by atoms with E-state index in [4.69, 9.17) is 5.11 Å². The number of aromatic carboxylic acids is 1. The number of carboxylic acid groups (broad SMARTS) is 1. The van der Waals surface area contributed by atoms with Gasteiger partial charge in [0.2, 0.25) is 0 Å². The number of nitrogens with one attached hydrogen (secondary N) is 1. The third-order valence-corrected chi connectivity index (χ3v) is 7.35. The molecule has 0 radical (unpaired) electrons. The van der Waals surface area contributed by atoms with Gasteiger partial charge in [0.05, 0.1) is 15.8 Å². The van der Waals surface area contributed by atoms with Crippen LogP contribution in [0, 0.1) is 5.92 Å². The van der Waals surface area contributed by atoms with Gasteiger partial charge in [0.25, 0.3) is 0 Å². The van der Waals surface area contributed by atoms with Gasteiger partial charge in [0, 0.05) is 36.6 Å². The van der Waals surface area contributed by atoms with Crippen LogP contribution in [0.2, 0.25) is 0 Å². The van der Waals surface area contributed by atoms with Crippen molar-refractivity contribution in [2.24, 2.45) is 5.92 Å². The Hall–Kier alpha value is -2.67. The zero-order valence-corrected chi connectivity index (χ0v) is 17.5. The maximum Gasteiger partial charge on any atom is 0.337 e. The molecule has 2 heterocycles. The lowest BCUT2D eigenvalue weighted by Crippen LogP contribution is -2.20. The van der Waals surface area contributed by atoms with Crippen molar-refractivity contribution >= 4 is 33.2 Å². The van der Waals surface area contributed by atoms with Gasteiger partial charge < -0.3 is 10.4 Å². The third kappa shape index (κ3) is 3.86. The summed E-state index contributed by atoms with van der Waals surface area (Å²) in [5.41, 5.74) is 3.22. The molecule has 6 nitrogen and oxygen atoms in total. The van der Waals surface area contributed by atoms with E-state index in [2.05, 4.69) is 22.4 Å². The van der Waals surface area contributed by atoms with Gasteiger partial charge in [-0.2, -0.15) is 0 Å². The predicted octanol–water partition coefficient (Wildman–Crippen LogP) is 4.70. The van der Waals surface area contributed by atoms with Gasteiger partial charge in [0.15, 0.2) is 0 Å². The van der Waals surface area contributed by atoms with Gasteiger partial charge in [-0.25, -0.2) is 4.79 Å². The lowest BCUT2D eigenvalue weighted by atomic mass is 9.89. The molecular weight excluding hydrogens is 398 g/mol. The Labute approximate surface area is 178 Å². The van der Waals surface area contributed by atoms with Crippen LogP contribution >= 0.6 is 11.3 Å². The zero-order valence-electron chi connectivity index (χ0n) is 16.7. The smallest absolute Gasteiger partial charge is 0.337 e. The van der Waals surface area contributed by atoms with Crippen molar-refractivity contribution in [1.82, 2.24) is 9.55 Å². The molecule has 5 rings (SSSR count). The lowest BCUT2D eigenvalue weighted by Gasteiger charge is -2.21. The molecule has 2 unspecified atom stereocenters. The average molecular weight is 424 g/mol. The molecule has 1 aromatic carbocycles. The number of hydrogen-bond donors (Lipinski definition) is 2. The second kappa shape index (κ2) is 7.87. The van der Waals surface area contributed by atoms with E-state index < -0.39 is 5.97 Å². The van der Waals surface area contributed by atoms with E-state index in [-0.39, 0.29) is 22.4 Å². The summed E-state index contributed by atoms with van der Waals surface area (Å²) in [5, 5.41) is 12.7. The van der Waals surface area contributed by atoms with E-state index in [0.717, 1.165) is 34.4 Å². The Morgan fingerprint density at radius 1 is 1.20 bits per heavy atom. The van der Waals surface area contributed by atoms with Crippen LogP contribution in [0.3, 0.4) is 0 Å². The molecule has 0 amide bonds. The largest absolute Gasteiger partial charge is 0.478 e. The summed E-state index contributed by atoms with van der Waals surface area (Å²) >= 11 is 1.32. The fourth-order valence-corrected chi connectivity index (χ4v) is 5.61. The van der Waals surface area contributed by atoms with Gasteiger partial charge >= 0.3 is 10.8 Å². The number of nitrogens with zero attached hydrogens (tertiary/aromatic N) is 2. The highest BCUT2D eigenvalue weighted by atomic mass is 32.1. The van der Waals surface area contributed by atoms with Gasteiger partial charge in [-0.1, -0.05) is 30.6 Å². The first-order chi connectivity index (χ1) is 14.6. The van der Waals surface area contributed by atoms with E-state index in [1.54, 1.807) is 12.3 Å². The number of thiazole rings is 1. The molecule has 2 fully saturated rings. The summed E-state index contributed by atoms with van der Waals surface area (Å²) in [7, 11) is 0. The van der Waals surface area contributed by atoms with Gasteiger partial charge in [0.1, 0.15) is 0 Å². The highest BCUT2D eigenvalue weighted by Crippen LogP contribution is 2.43. The van der Waals surface area contributed by atoms with E-state index in [1.165, 1.54) is 49.6 Å². The number of aromatic nitrogens is 2. The van der Waals surface area contributed by atoms with Crippen LogP contribution in [0.1, 0.15) is 60.4 Å². The van der Waals surface area contributed by atoms with Crippen LogP contribution in [0.4, 0.5) is 5.69 Å². The molecule has 2 aromatic heterocycles. The molecule has 30 heavy (non-hydrogen) atoms. The second-order valence-electron chi connectivity index (χ2n) is 8.57. The molecular formula is C23H25N3O3S. The molecule has 2 atom stereocenters. The molecule has 0 saturated heterocycles. The summed E-state index contributed by atoms with van der Waals surface area (Å²) in [6, 6.07) is 8.15. The minimum absolute atomic E-state index is 0.133. The number of pyridine rings is 1. The predicted molar refractivity (Wildman–Crippen MR) is 119 cm³/mol. The SMILES string of the molecule is O=C(O)c1cncc(C2CC2Nc2ccc3c(c2)sc(=O)n3CC2CCCCC2)c1. The standard InChI is InChI=1S/C23H25N3O3S/c27-22(28)16-8-15(11-24-12-16)18-10-19(18)25-17-6-7-20-21(9-17)30-23(29)26(20)13-14-4-2-1-3-5-14/h6-9,11-12,14,18-19,25H,1-5,10,13H2,(H,27,28). The number of carboxylic acids is 1. The third-order valence-electron chi connectivity index (χ3n) is 6.41. The minimum Gasteiger partial charge on any atom is -0.478 e. The molecule has 2 aliphatic carbocycles. The number of anilines is 1. The Morgan fingerprint density at radius 2 is 2.03 bits per heavy atom. The van der Waals surface area contributed by atoms with Crippen molar-refractivity contribution in [2.75, 3.05) is 5.32 Å². The quantitative estimate of drug-likeness (QED) is 0.600. The second-order valence-corrected chi connectivity index (χ2v) is 9.56. The monoisotopic (exact) mass is 423 g/mol. The molecule has 0 bridgehead atoms. The molecule has 2 saturated carbocycles. The summed E-state index contributed by atoms with van der Waals surface area (Å²) < 4.78 is 2.98. The molecule has 7 heteroatoms. The molecule has 0 aliphatic heterocycles. The summed E-state index contributed by atoms with van der Waals surface area (Å²) in [5.74, 6) is -0.0656. The van der Waals surface area contributed by atoms with Crippen LogP contribution in [-0.2, 0) is 6.54 Å². The van der Waals surface area contributed by atoms with Gasteiger partial charge in [-0.05, 0) is 55.0 Å². The van der Waals surface area contributed by atoms with Crippen molar-refractivity contribution < 1.29 is 9.90 Å². The van der Waals surface area contributed by atoms with Crippen molar-refractivity contribution in [3.8, 4) is 0 Å². The number of rotatable bonds is 6. The molecule has 3 aromatic rings. The summed E-state index contributed by atoms with van der Waals surface area (Å²) in [6.07, 6.45) is 10.4. The highest BCUT2D eigenvalue weighted by molar-refractivity contribution is 7.16. The first-order valence-corrected chi connectivity index (χ1v) is 11.5. The van der Waals surface area contributed by atoms with Crippen molar-refractivity contribution in [3.63, 3.8) is 0 Å². The average Bonchev–Trinajstić information content (AvgIpc) is 3.45. The van der Waals surface area contributed by atoms with Crippen LogP contribution in [0.15, 0.2) is 41.5 Å². The fraction of sp³-hybridized carbons (Fsp3) is 0.435. The Morgan fingerprint density at radius 3 is 2.83 bits per heavy atom. The molecule has 2 aliphatic rings. The highest BCUT2D eigenvalue weighted by Gasteiger charge is 2.39. The Kier molecular flexibility index (Phi) is 5.06. The van der Waals surface area contributed by atoms with E-state index >= 15 is 0 Å². The van der Waals surface area contributed by atoms with Gasteiger partial charge in [-0.15, -0.1) is 0 Å². The van der Waals surface area contributed by atoms with Crippen LogP contribution in [0.5, 0.6) is 0 Å². The van der Waals surface area contributed by atoms with Crippen LogP contribution in [-0.4, -0.2) is 26.7 Å². The topological polar surface area (TPSA) is 84.2 Å².